The van der Waals surface area contributed by atoms with Crippen molar-refractivity contribution >= 4 is 35.6 Å². The number of benzene rings is 2. The predicted octanol–water partition coefficient (Wildman–Crippen LogP) is 4.18. The Labute approximate surface area is 146 Å². The van der Waals surface area contributed by atoms with Crippen LogP contribution in [-0.4, -0.2) is 43.2 Å². The van der Waals surface area contributed by atoms with Gasteiger partial charge in [-0.25, -0.2) is 0 Å². The van der Waals surface area contributed by atoms with Gasteiger partial charge in [-0.15, -0.1) is 0 Å². The average molecular weight is 349 g/mol. The van der Waals surface area contributed by atoms with Gasteiger partial charge in [0.1, 0.15) is 6.67 Å². The van der Waals surface area contributed by atoms with E-state index in [1.165, 1.54) is 0 Å². The summed E-state index contributed by atoms with van der Waals surface area (Å²) >= 11 is 12.2. The quantitative estimate of drug-likeness (QED) is 0.445. The molecule has 0 heterocycles. The standard InChI is InChI=1S/C17H18Cl2N4/c1-22(20-11-14-7-3-5-9-16(14)18)13-23(2)21-12-15-8-4-6-10-17(15)19/h3-12H,13H2,1-2H3/b20-11+,21-12?. The van der Waals surface area contributed by atoms with Crippen molar-refractivity contribution in [1.29, 1.82) is 0 Å². The first-order chi connectivity index (χ1) is 11.1. The first kappa shape index (κ1) is 17.3. The molecule has 0 aliphatic heterocycles. The van der Waals surface area contributed by atoms with E-state index in [1.807, 2.05) is 62.6 Å². The molecule has 4 nitrogen and oxygen atoms in total. The smallest absolute Gasteiger partial charge is 0.122 e. The number of hydrogen-bond acceptors (Lipinski definition) is 4. The lowest BCUT2D eigenvalue weighted by atomic mass is 10.2. The van der Waals surface area contributed by atoms with Crippen LogP contribution in [0.3, 0.4) is 0 Å². The molecule has 0 aliphatic rings. The van der Waals surface area contributed by atoms with Gasteiger partial charge in [-0.1, -0.05) is 59.6 Å². The molecule has 0 saturated heterocycles. The van der Waals surface area contributed by atoms with Crippen LogP contribution >= 0.6 is 23.2 Å². The molecule has 2 aromatic carbocycles. The molecule has 0 bridgehead atoms. The van der Waals surface area contributed by atoms with E-state index in [0.717, 1.165) is 11.1 Å². The summed E-state index contributed by atoms with van der Waals surface area (Å²) in [5.74, 6) is 0. The van der Waals surface area contributed by atoms with E-state index in [4.69, 9.17) is 23.2 Å². The Bertz CT molecular complexity index is 641. The van der Waals surface area contributed by atoms with Crippen LogP contribution in [0.15, 0.2) is 58.7 Å². The number of halogens is 2. The maximum absolute atomic E-state index is 6.09. The van der Waals surface area contributed by atoms with Crippen LogP contribution < -0.4 is 0 Å². The maximum atomic E-state index is 6.09. The summed E-state index contributed by atoms with van der Waals surface area (Å²) in [5.41, 5.74) is 1.76. The van der Waals surface area contributed by atoms with Crippen molar-refractivity contribution in [3.05, 3.63) is 69.7 Å². The van der Waals surface area contributed by atoms with Gasteiger partial charge in [0.25, 0.3) is 0 Å². The van der Waals surface area contributed by atoms with Gasteiger partial charge >= 0.3 is 0 Å². The Morgan fingerprint density at radius 1 is 0.783 bits per heavy atom. The van der Waals surface area contributed by atoms with Crippen LogP contribution in [0.2, 0.25) is 10.0 Å². The van der Waals surface area contributed by atoms with Crippen LogP contribution in [-0.2, 0) is 0 Å². The van der Waals surface area contributed by atoms with Crippen LogP contribution in [0.5, 0.6) is 0 Å². The largest absolute Gasteiger partial charge is 0.279 e. The minimum Gasteiger partial charge on any atom is -0.279 e. The molecule has 0 unspecified atom stereocenters. The Hall–Kier alpha value is -2.04. The third kappa shape index (κ3) is 5.58. The normalized spacial score (nSPS) is 11.3. The van der Waals surface area contributed by atoms with Crippen molar-refractivity contribution in [1.82, 2.24) is 10.0 Å². The summed E-state index contributed by atoms with van der Waals surface area (Å²) in [5, 5.41) is 13.6. The van der Waals surface area contributed by atoms with E-state index >= 15 is 0 Å². The molecule has 23 heavy (non-hydrogen) atoms. The van der Waals surface area contributed by atoms with Crippen molar-refractivity contribution in [3.63, 3.8) is 0 Å². The topological polar surface area (TPSA) is 31.2 Å². The van der Waals surface area contributed by atoms with E-state index in [-0.39, 0.29) is 0 Å². The predicted molar refractivity (Wildman–Crippen MR) is 98.5 cm³/mol. The van der Waals surface area contributed by atoms with Gasteiger partial charge in [-0.3, -0.25) is 10.0 Å². The lowest BCUT2D eigenvalue weighted by molar-refractivity contribution is 0.196. The van der Waals surface area contributed by atoms with Crippen LogP contribution in [0, 0.1) is 0 Å². The van der Waals surface area contributed by atoms with E-state index < -0.39 is 0 Å². The summed E-state index contributed by atoms with van der Waals surface area (Å²) < 4.78 is 0. The molecule has 0 aromatic heterocycles. The molecule has 0 radical (unpaired) electrons. The lowest BCUT2D eigenvalue weighted by Gasteiger charge is -2.19. The van der Waals surface area contributed by atoms with Crippen molar-refractivity contribution in [2.75, 3.05) is 20.8 Å². The molecule has 2 rings (SSSR count). The van der Waals surface area contributed by atoms with Crippen LogP contribution in [0.1, 0.15) is 11.1 Å². The fraction of sp³-hybridized carbons (Fsp3) is 0.176. The Kier molecular flexibility index (Phi) is 6.44. The van der Waals surface area contributed by atoms with Gasteiger partial charge in [-0.2, -0.15) is 10.2 Å². The van der Waals surface area contributed by atoms with Gasteiger partial charge in [0, 0.05) is 35.3 Å². The Morgan fingerprint density at radius 2 is 1.17 bits per heavy atom. The zero-order valence-electron chi connectivity index (χ0n) is 13.0. The lowest BCUT2D eigenvalue weighted by Crippen LogP contribution is -2.26. The molecule has 0 amide bonds. The minimum absolute atomic E-state index is 0.530. The summed E-state index contributed by atoms with van der Waals surface area (Å²) in [6, 6.07) is 15.1. The number of nitrogens with zero attached hydrogens (tertiary/aromatic N) is 4. The molecule has 6 heteroatoms. The number of rotatable bonds is 6. The van der Waals surface area contributed by atoms with Gasteiger partial charge < -0.3 is 0 Å². The molecule has 120 valence electrons. The summed E-state index contributed by atoms with van der Waals surface area (Å²) in [6.45, 7) is 0.530. The van der Waals surface area contributed by atoms with Crippen molar-refractivity contribution < 1.29 is 0 Å². The van der Waals surface area contributed by atoms with Crippen molar-refractivity contribution in [2.45, 2.75) is 0 Å². The fourth-order valence-corrected chi connectivity index (χ4v) is 2.22. The second kappa shape index (κ2) is 8.56. The molecule has 0 fully saturated rings. The van der Waals surface area contributed by atoms with E-state index in [1.54, 1.807) is 22.4 Å². The Balaban J connectivity index is 1.91. The second-order valence-electron chi connectivity index (χ2n) is 4.99. The fourth-order valence-electron chi connectivity index (χ4n) is 1.85. The molecule has 0 spiro atoms. The number of hydrazone groups is 2. The second-order valence-corrected chi connectivity index (χ2v) is 5.80. The SMILES string of the molecule is CN(CN(C)/N=C/c1ccccc1Cl)N=Cc1ccccc1Cl. The average Bonchev–Trinajstić information content (AvgIpc) is 2.53. The van der Waals surface area contributed by atoms with Gasteiger partial charge in [-0.05, 0) is 12.1 Å². The zero-order valence-corrected chi connectivity index (χ0v) is 14.5. The van der Waals surface area contributed by atoms with Crippen molar-refractivity contribution in [3.8, 4) is 0 Å². The van der Waals surface area contributed by atoms with E-state index in [9.17, 15) is 0 Å². The van der Waals surface area contributed by atoms with E-state index in [0.29, 0.717) is 16.7 Å². The van der Waals surface area contributed by atoms with Gasteiger partial charge in [0.15, 0.2) is 0 Å². The molecule has 0 aliphatic carbocycles. The Morgan fingerprint density at radius 3 is 1.57 bits per heavy atom. The molecule has 0 atom stereocenters. The van der Waals surface area contributed by atoms with Crippen LogP contribution in [0.4, 0.5) is 0 Å². The van der Waals surface area contributed by atoms with Gasteiger partial charge in [0.05, 0.1) is 12.4 Å². The molecule has 0 N–H and O–H groups in total. The third-order valence-corrected chi connectivity index (χ3v) is 3.70. The van der Waals surface area contributed by atoms with E-state index in [2.05, 4.69) is 10.2 Å². The first-order valence-corrected chi connectivity index (χ1v) is 7.81. The molecular weight excluding hydrogens is 331 g/mol. The maximum Gasteiger partial charge on any atom is 0.122 e. The highest BCUT2D eigenvalue weighted by molar-refractivity contribution is 6.33. The monoisotopic (exact) mass is 348 g/mol. The van der Waals surface area contributed by atoms with Crippen LogP contribution in [0.25, 0.3) is 0 Å². The third-order valence-electron chi connectivity index (χ3n) is 3.01. The van der Waals surface area contributed by atoms with Crippen molar-refractivity contribution in [2.24, 2.45) is 10.2 Å². The summed E-state index contributed by atoms with van der Waals surface area (Å²) in [6.07, 6.45) is 3.46. The zero-order chi connectivity index (χ0) is 16.7. The molecule has 2 aromatic rings. The number of hydrogen-bond donors (Lipinski definition) is 0. The summed E-state index contributed by atoms with van der Waals surface area (Å²) in [4.78, 5) is 0. The highest BCUT2D eigenvalue weighted by atomic mass is 35.5. The first-order valence-electron chi connectivity index (χ1n) is 7.05. The summed E-state index contributed by atoms with van der Waals surface area (Å²) in [7, 11) is 3.74. The minimum atomic E-state index is 0.530. The molecule has 0 saturated carbocycles. The highest BCUT2D eigenvalue weighted by Gasteiger charge is 2.00. The molecular formula is C17H18Cl2N4. The van der Waals surface area contributed by atoms with Gasteiger partial charge in [0.2, 0.25) is 0 Å². The highest BCUT2D eigenvalue weighted by Crippen LogP contribution is 2.13.